The van der Waals surface area contributed by atoms with Crippen LogP contribution in [0, 0.1) is 5.92 Å². The van der Waals surface area contributed by atoms with E-state index in [1.165, 1.54) is 37.5 Å². The van der Waals surface area contributed by atoms with Crippen molar-refractivity contribution in [3.63, 3.8) is 0 Å². The maximum Gasteiger partial charge on any atom is 0.303 e. The number of carboxylic acid groups (broad SMARTS) is 1. The molecule has 1 fully saturated rings. The summed E-state index contributed by atoms with van der Waals surface area (Å²) in [6.07, 6.45) is 6.42. The number of benzene rings is 1. The third kappa shape index (κ3) is 6.13. The zero-order valence-corrected chi connectivity index (χ0v) is 10.4. The molecule has 1 aliphatic carbocycles. The first-order chi connectivity index (χ1) is 8.58. The quantitative estimate of drug-likeness (QED) is 0.755. The second-order valence-corrected chi connectivity index (χ2v) is 4.62. The first-order valence-corrected chi connectivity index (χ1v) is 6.27. The van der Waals surface area contributed by atoms with Gasteiger partial charge in [-0.2, -0.15) is 0 Å². The number of hydrogen-bond acceptors (Lipinski definition) is 3. The lowest BCUT2D eigenvalue weighted by Crippen LogP contribution is -2.10. The predicted molar refractivity (Wildman–Crippen MR) is 68.6 cm³/mol. The van der Waals surface area contributed by atoms with Crippen LogP contribution >= 0.6 is 0 Å². The van der Waals surface area contributed by atoms with Gasteiger partial charge in [-0.15, -0.1) is 0 Å². The molecule has 0 aromatic heterocycles. The van der Waals surface area contributed by atoms with Crippen molar-refractivity contribution in [1.82, 2.24) is 0 Å². The second-order valence-electron chi connectivity index (χ2n) is 4.62. The van der Waals surface area contributed by atoms with E-state index in [2.05, 4.69) is 0 Å². The summed E-state index contributed by atoms with van der Waals surface area (Å²) in [5.74, 6) is 0.0214. The fourth-order valence-corrected chi connectivity index (χ4v) is 2.13. The van der Waals surface area contributed by atoms with Crippen molar-refractivity contribution in [1.29, 1.82) is 0 Å². The minimum absolute atomic E-state index is 0.0880. The number of rotatable bonds is 2. The van der Waals surface area contributed by atoms with Crippen molar-refractivity contribution in [3.8, 4) is 11.5 Å². The van der Waals surface area contributed by atoms with Gasteiger partial charge in [-0.25, -0.2) is 0 Å². The van der Waals surface area contributed by atoms with E-state index in [1.807, 2.05) is 0 Å². The Bertz CT molecular complexity index is 353. The molecule has 18 heavy (non-hydrogen) atoms. The lowest BCUT2D eigenvalue weighted by Gasteiger charge is -2.18. The van der Waals surface area contributed by atoms with Crippen molar-refractivity contribution in [3.05, 3.63) is 24.3 Å². The molecule has 1 saturated carbocycles. The van der Waals surface area contributed by atoms with Crippen molar-refractivity contribution in [2.75, 3.05) is 0 Å². The van der Waals surface area contributed by atoms with Gasteiger partial charge in [-0.3, -0.25) is 4.79 Å². The summed E-state index contributed by atoms with van der Waals surface area (Å²) in [5, 5.41) is 25.8. The molecule has 0 unspecified atom stereocenters. The molecule has 0 bridgehead atoms. The maximum absolute atomic E-state index is 10.3. The molecule has 0 aliphatic heterocycles. The van der Waals surface area contributed by atoms with Crippen molar-refractivity contribution in [2.24, 2.45) is 5.92 Å². The molecule has 1 aromatic rings. The molecule has 0 radical (unpaired) electrons. The Morgan fingerprint density at radius 3 is 2.06 bits per heavy atom. The van der Waals surface area contributed by atoms with Crippen LogP contribution in [-0.4, -0.2) is 21.3 Å². The van der Waals surface area contributed by atoms with Gasteiger partial charge in [0.1, 0.15) is 11.5 Å². The molecule has 2 rings (SSSR count). The van der Waals surface area contributed by atoms with Crippen LogP contribution in [0.1, 0.15) is 38.5 Å². The van der Waals surface area contributed by atoms with Crippen LogP contribution in [0.2, 0.25) is 0 Å². The van der Waals surface area contributed by atoms with E-state index in [-0.39, 0.29) is 11.5 Å². The van der Waals surface area contributed by atoms with Gasteiger partial charge >= 0.3 is 5.97 Å². The van der Waals surface area contributed by atoms with Gasteiger partial charge < -0.3 is 15.3 Å². The highest BCUT2D eigenvalue weighted by molar-refractivity contribution is 5.67. The maximum atomic E-state index is 10.3. The van der Waals surface area contributed by atoms with Crippen LogP contribution in [0.4, 0.5) is 0 Å². The van der Waals surface area contributed by atoms with E-state index in [0.717, 1.165) is 12.8 Å². The summed E-state index contributed by atoms with van der Waals surface area (Å²) in [6, 6.07) is 5.85. The van der Waals surface area contributed by atoms with Gasteiger partial charge in [0.25, 0.3) is 0 Å². The Morgan fingerprint density at radius 1 is 1.11 bits per heavy atom. The van der Waals surface area contributed by atoms with Crippen LogP contribution in [0.15, 0.2) is 24.3 Å². The average molecular weight is 252 g/mol. The van der Waals surface area contributed by atoms with Crippen LogP contribution in [0.25, 0.3) is 0 Å². The second kappa shape index (κ2) is 7.58. The Hall–Kier alpha value is -1.71. The number of carbonyl (C=O) groups is 1. The Morgan fingerprint density at radius 2 is 1.67 bits per heavy atom. The smallest absolute Gasteiger partial charge is 0.303 e. The number of phenols is 2. The summed E-state index contributed by atoms with van der Waals surface area (Å²) in [6.45, 7) is 0. The molecule has 1 aromatic carbocycles. The highest BCUT2D eigenvalue weighted by Crippen LogP contribution is 2.25. The number of hydrogen-bond donors (Lipinski definition) is 3. The van der Waals surface area contributed by atoms with Crippen molar-refractivity contribution >= 4 is 5.97 Å². The average Bonchev–Trinajstić information content (AvgIpc) is 2.30. The molecule has 0 saturated heterocycles. The van der Waals surface area contributed by atoms with Gasteiger partial charge in [0.2, 0.25) is 0 Å². The number of aliphatic carboxylic acids is 1. The van der Waals surface area contributed by atoms with E-state index in [1.54, 1.807) is 6.07 Å². The third-order valence-corrected chi connectivity index (χ3v) is 3.02. The van der Waals surface area contributed by atoms with Gasteiger partial charge in [0, 0.05) is 12.5 Å². The molecule has 4 heteroatoms. The molecule has 100 valence electrons. The Labute approximate surface area is 107 Å². The minimum Gasteiger partial charge on any atom is -0.508 e. The molecular weight excluding hydrogens is 232 g/mol. The molecule has 3 N–H and O–H groups in total. The van der Waals surface area contributed by atoms with Crippen molar-refractivity contribution < 1.29 is 20.1 Å². The number of aromatic hydroxyl groups is 2. The summed E-state index contributed by atoms with van der Waals surface area (Å²) in [4.78, 5) is 10.3. The Kier molecular flexibility index (Phi) is 6.05. The van der Waals surface area contributed by atoms with Crippen LogP contribution in [0.5, 0.6) is 11.5 Å². The molecule has 0 heterocycles. The van der Waals surface area contributed by atoms with E-state index >= 15 is 0 Å². The molecule has 0 atom stereocenters. The topological polar surface area (TPSA) is 77.8 Å². The largest absolute Gasteiger partial charge is 0.508 e. The van der Waals surface area contributed by atoms with Gasteiger partial charge in [-0.1, -0.05) is 25.3 Å². The highest BCUT2D eigenvalue weighted by atomic mass is 16.4. The number of carboxylic acids is 1. The zero-order chi connectivity index (χ0) is 13.4. The molecule has 0 amide bonds. The normalized spacial score (nSPS) is 15.6. The molecule has 1 aliphatic rings. The van der Waals surface area contributed by atoms with E-state index in [9.17, 15) is 4.79 Å². The molecule has 0 spiro atoms. The first kappa shape index (κ1) is 14.4. The lowest BCUT2D eigenvalue weighted by molar-refractivity contribution is -0.138. The Balaban J connectivity index is 0.000000184. The SMILES string of the molecule is O=C(O)CC1CCCCC1.Oc1cccc(O)c1. The third-order valence-electron chi connectivity index (χ3n) is 3.02. The van der Waals surface area contributed by atoms with Gasteiger partial charge in [-0.05, 0) is 30.9 Å². The fourth-order valence-electron chi connectivity index (χ4n) is 2.13. The fraction of sp³-hybridized carbons (Fsp3) is 0.500. The van der Waals surface area contributed by atoms with Crippen LogP contribution in [-0.2, 0) is 4.79 Å². The minimum atomic E-state index is -0.632. The van der Waals surface area contributed by atoms with E-state index in [0.29, 0.717) is 12.3 Å². The van der Waals surface area contributed by atoms with Crippen LogP contribution in [0.3, 0.4) is 0 Å². The highest BCUT2D eigenvalue weighted by Gasteiger charge is 2.15. The summed E-state index contributed by atoms with van der Waals surface area (Å²) < 4.78 is 0. The van der Waals surface area contributed by atoms with E-state index in [4.69, 9.17) is 15.3 Å². The summed E-state index contributed by atoms with van der Waals surface area (Å²) in [7, 11) is 0. The standard InChI is InChI=1S/C8H14O2.C6H6O2/c9-8(10)6-7-4-2-1-3-5-7;7-5-2-1-3-6(8)4-5/h7H,1-6H2,(H,9,10);1-4,7-8H. The number of phenolic OH excluding ortho intramolecular Hbond substituents is 2. The zero-order valence-electron chi connectivity index (χ0n) is 10.4. The van der Waals surface area contributed by atoms with Crippen LogP contribution < -0.4 is 0 Å². The summed E-state index contributed by atoms with van der Waals surface area (Å²) >= 11 is 0. The lowest BCUT2D eigenvalue weighted by atomic mass is 9.87. The summed E-state index contributed by atoms with van der Waals surface area (Å²) in [5.41, 5.74) is 0. The first-order valence-electron chi connectivity index (χ1n) is 6.27. The van der Waals surface area contributed by atoms with Crippen molar-refractivity contribution in [2.45, 2.75) is 38.5 Å². The predicted octanol–water partition coefficient (Wildman–Crippen LogP) is 3.14. The van der Waals surface area contributed by atoms with Gasteiger partial charge in [0.05, 0.1) is 0 Å². The monoisotopic (exact) mass is 252 g/mol. The van der Waals surface area contributed by atoms with E-state index < -0.39 is 5.97 Å². The molecular formula is C14H20O4. The molecule has 4 nitrogen and oxygen atoms in total. The van der Waals surface area contributed by atoms with Gasteiger partial charge in [0.15, 0.2) is 0 Å².